The van der Waals surface area contributed by atoms with Gasteiger partial charge in [0, 0.05) is 18.4 Å². The zero-order chi connectivity index (χ0) is 18.4. The molecule has 0 amide bonds. The lowest BCUT2D eigenvalue weighted by Gasteiger charge is -2.06. The van der Waals surface area contributed by atoms with E-state index in [1.165, 1.54) is 5.56 Å². The number of phenolic OH excluding ortho intramolecular Hbond substituents is 1. The van der Waals surface area contributed by atoms with Crippen LogP contribution in [-0.4, -0.2) is 14.2 Å². The maximum atomic E-state index is 12.8. The van der Waals surface area contributed by atoms with Gasteiger partial charge in [0.05, 0.1) is 6.54 Å². The minimum atomic E-state index is 0.0790. The molecule has 0 aliphatic carbocycles. The Hall–Kier alpha value is -2.75. The number of aromatic nitrogens is 2. The van der Waals surface area contributed by atoms with Crippen molar-refractivity contribution in [2.45, 2.75) is 45.7 Å². The zero-order valence-corrected chi connectivity index (χ0v) is 15.3. The molecule has 0 unspecified atom stereocenters. The summed E-state index contributed by atoms with van der Waals surface area (Å²) in [5.41, 5.74) is 3.52. The first-order valence-electron chi connectivity index (χ1n) is 9.28. The molecule has 0 atom stereocenters. The molecule has 136 valence electrons. The van der Waals surface area contributed by atoms with Gasteiger partial charge in [0.15, 0.2) is 0 Å². The van der Waals surface area contributed by atoms with Crippen molar-refractivity contribution in [1.29, 1.82) is 0 Å². The lowest BCUT2D eigenvalue weighted by molar-refractivity contribution is 0.475. The lowest BCUT2D eigenvalue weighted by atomic mass is 10.1. The van der Waals surface area contributed by atoms with E-state index >= 15 is 0 Å². The first-order chi connectivity index (χ1) is 12.7. The van der Waals surface area contributed by atoms with Crippen LogP contribution in [0.2, 0.25) is 0 Å². The van der Waals surface area contributed by atoms with Gasteiger partial charge in [-0.2, -0.15) is 0 Å². The first-order valence-corrected chi connectivity index (χ1v) is 9.28. The highest BCUT2D eigenvalue weighted by Gasteiger charge is 2.11. The third-order valence-electron chi connectivity index (χ3n) is 4.61. The lowest BCUT2D eigenvalue weighted by Crippen LogP contribution is -2.25. The normalized spacial score (nSPS) is 11.0. The molecular weight excluding hydrogens is 324 g/mol. The predicted octanol–water partition coefficient (Wildman–Crippen LogP) is 3.99. The van der Waals surface area contributed by atoms with E-state index in [-0.39, 0.29) is 5.69 Å². The Labute approximate surface area is 154 Å². The number of nitrogens with zero attached hydrogens (tertiary/aromatic N) is 2. The highest BCUT2D eigenvalue weighted by Crippen LogP contribution is 2.13. The Morgan fingerprint density at radius 3 is 2.35 bits per heavy atom. The molecule has 0 aliphatic heterocycles. The smallest absolute Gasteiger partial charge is 0.328 e. The van der Waals surface area contributed by atoms with E-state index in [1.54, 1.807) is 12.1 Å². The van der Waals surface area contributed by atoms with Crippen molar-refractivity contribution in [3.63, 3.8) is 0 Å². The van der Waals surface area contributed by atoms with Crippen molar-refractivity contribution in [1.82, 2.24) is 9.13 Å². The molecule has 1 N–H and O–H groups in total. The summed E-state index contributed by atoms with van der Waals surface area (Å²) in [7, 11) is 0. The summed E-state index contributed by atoms with van der Waals surface area (Å²) in [6.07, 6.45) is 5.74. The van der Waals surface area contributed by atoms with E-state index < -0.39 is 0 Å². The summed E-state index contributed by atoms with van der Waals surface area (Å²) in [5, 5.41) is 9.37. The van der Waals surface area contributed by atoms with Crippen LogP contribution in [0.4, 0.5) is 0 Å². The monoisotopic (exact) mass is 350 g/mol. The minimum absolute atomic E-state index is 0.0790. The number of phenols is 1. The van der Waals surface area contributed by atoms with E-state index in [1.807, 2.05) is 57.8 Å². The molecule has 26 heavy (non-hydrogen) atoms. The summed E-state index contributed by atoms with van der Waals surface area (Å²) < 4.78 is 3.74. The molecule has 1 heterocycles. The number of aromatic hydroxyl groups is 1. The molecule has 0 bridgehead atoms. The molecule has 0 fully saturated rings. The van der Waals surface area contributed by atoms with Crippen LogP contribution in [0.1, 0.15) is 36.6 Å². The average Bonchev–Trinajstić information content (AvgIpc) is 2.94. The van der Waals surface area contributed by atoms with Crippen molar-refractivity contribution in [2.24, 2.45) is 0 Å². The summed E-state index contributed by atoms with van der Waals surface area (Å²) >= 11 is 0. The van der Waals surface area contributed by atoms with E-state index in [2.05, 4.69) is 6.92 Å². The van der Waals surface area contributed by atoms with Crippen LogP contribution in [0.5, 0.6) is 5.75 Å². The first kappa shape index (κ1) is 18.1. The van der Waals surface area contributed by atoms with Gasteiger partial charge in [0.2, 0.25) is 0 Å². The van der Waals surface area contributed by atoms with Crippen molar-refractivity contribution in [3.8, 4) is 5.75 Å². The Kier molecular flexibility index (Phi) is 5.95. The molecular formula is C22H26N2O2. The maximum Gasteiger partial charge on any atom is 0.328 e. The second-order valence-electron chi connectivity index (χ2n) is 6.69. The van der Waals surface area contributed by atoms with Gasteiger partial charge >= 0.3 is 5.69 Å². The van der Waals surface area contributed by atoms with E-state index in [0.717, 1.165) is 43.5 Å². The van der Waals surface area contributed by atoms with Gasteiger partial charge < -0.3 is 5.11 Å². The number of aryl methyl sites for hydroxylation is 2. The maximum absolute atomic E-state index is 12.8. The standard InChI is InChI=1S/C22H26N2O2/c1-2-15-24-20(10-6-9-18-11-13-21(25)14-12-18)17-23(22(24)26)16-19-7-4-3-5-8-19/h3-5,7-8,11-14,17,25H,2,6,9-10,15-16H2,1H3. The summed E-state index contributed by atoms with van der Waals surface area (Å²) in [6, 6.07) is 17.4. The molecule has 4 heteroatoms. The summed E-state index contributed by atoms with van der Waals surface area (Å²) in [4.78, 5) is 12.8. The van der Waals surface area contributed by atoms with E-state index in [0.29, 0.717) is 12.3 Å². The van der Waals surface area contributed by atoms with Gasteiger partial charge in [0.25, 0.3) is 0 Å². The molecule has 0 saturated heterocycles. The fourth-order valence-corrected chi connectivity index (χ4v) is 3.27. The molecule has 0 radical (unpaired) electrons. The largest absolute Gasteiger partial charge is 0.508 e. The minimum Gasteiger partial charge on any atom is -0.508 e. The predicted molar refractivity (Wildman–Crippen MR) is 105 cm³/mol. The van der Waals surface area contributed by atoms with Gasteiger partial charge in [-0.15, -0.1) is 0 Å². The topological polar surface area (TPSA) is 47.2 Å². The molecule has 4 nitrogen and oxygen atoms in total. The summed E-state index contributed by atoms with van der Waals surface area (Å²) in [5.74, 6) is 0.295. The van der Waals surface area contributed by atoms with Crippen molar-refractivity contribution < 1.29 is 5.11 Å². The van der Waals surface area contributed by atoms with Crippen LogP contribution in [0.15, 0.2) is 65.6 Å². The Morgan fingerprint density at radius 2 is 1.65 bits per heavy atom. The average molecular weight is 350 g/mol. The highest BCUT2D eigenvalue weighted by atomic mass is 16.3. The van der Waals surface area contributed by atoms with Crippen LogP contribution in [-0.2, 0) is 25.9 Å². The van der Waals surface area contributed by atoms with Gasteiger partial charge in [-0.3, -0.25) is 9.13 Å². The molecule has 1 aromatic heterocycles. The second-order valence-corrected chi connectivity index (χ2v) is 6.69. The second kappa shape index (κ2) is 8.56. The van der Waals surface area contributed by atoms with Crippen LogP contribution in [0, 0.1) is 0 Å². The molecule has 0 saturated carbocycles. The number of rotatable bonds is 8. The quantitative estimate of drug-likeness (QED) is 0.668. The van der Waals surface area contributed by atoms with Crippen molar-refractivity contribution >= 4 is 0 Å². The summed E-state index contributed by atoms with van der Waals surface area (Å²) in [6.45, 7) is 3.47. The van der Waals surface area contributed by atoms with E-state index in [9.17, 15) is 9.90 Å². The fourth-order valence-electron chi connectivity index (χ4n) is 3.27. The number of hydrogen-bond donors (Lipinski definition) is 1. The Bertz CT molecular complexity index is 877. The van der Waals surface area contributed by atoms with Gasteiger partial charge in [-0.1, -0.05) is 49.4 Å². The molecule has 3 aromatic rings. The zero-order valence-electron chi connectivity index (χ0n) is 15.3. The number of imidazole rings is 1. The van der Waals surface area contributed by atoms with Crippen LogP contribution >= 0.6 is 0 Å². The number of hydrogen-bond acceptors (Lipinski definition) is 2. The van der Waals surface area contributed by atoms with Crippen LogP contribution in [0.3, 0.4) is 0 Å². The van der Waals surface area contributed by atoms with Crippen molar-refractivity contribution in [3.05, 3.63) is 88.1 Å². The highest BCUT2D eigenvalue weighted by molar-refractivity contribution is 5.26. The van der Waals surface area contributed by atoms with Gasteiger partial charge in [0.1, 0.15) is 5.75 Å². The molecule has 3 rings (SSSR count). The molecule has 0 aliphatic rings. The third kappa shape index (κ3) is 4.45. The SMILES string of the molecule is CCCn1c(CCCc2ccc(O)cc2)cn(Cc2ccccc2)c1=O. The molecule has 0 spiro atoms. The third-order valence-corrected chi connectivity index (χ3v) is 4.61. The van der Waals surface area contributed by atoms with Crippen LogP contribution in [0.25, 0.3) is 0 Å². The Morgan fingerprint density at radius 1 is 0.923 bits per heavy atom. The fraction of sp³-hybridized carbons (Fsp3) is 0.318. The Balaban J connectivity index is 1.71. The van der Waals surface area contributed by atoms with Crippen LogP contribution < -0.4 is 5.69 Å². The molecule has 2 aromatic carbocycles. The van der Waals surface area contributed by atoms with E-state index in [4.69, 9.17) is 0 Å². The van der Waals surface area contributed by atoms with Gasteiger partial charge in [-0.25, -0.2) is 4.79 Å². The van der Waals surface area contributed by atoms with Gasteiger partial charge in [-0.05, 0) is 48.9 Å². The number of benzene rings is 2. The van der Waals surface area contributed by atoms with Crippen molar-refractivity contribution in [2.75, 3.05) is 0 Å².